The number of benzene rings is 1. The van der Waals surface area contributed by atoms with E-state index in [0.717, 1.165) is 40.6 Å². The van der Waals surface area contributed by atoms with Crippen molar-refractivity contribution in [3.63, 3.8) is 0 Å². The average molecular weight is 499 g/mol. The van der Waals surface area contributed by atoms with E-state index in [1.807, 2.05) is 24.3 Å². The lowest BCUT2D eigenvalue weighted by Gasteiger charge is -2.18. The zero-order valence-electron chi connectivity index (χ0n) is 18.7. The predicted octanol–water partition coefficient (Wildman–Crippen LogP) is 4.34. The van der Waals surface area contributed by atoms with Crippen LogP contribution in [0.2, 0.25) is 5.15 Å². The molecule has 0 saturated heterocycles. The summed E-state index contributed by atoms with van der Waals surface area (Å²) in [6.07, 6.45) is 3.82. The Bertz CT molecular complexity index is 1300. The van der Waals surface area contributed by atoms with Gasteiger partial charge in [-0.1, -0.05) is 36.7 Å². The number of para-hydroxylation sites is 1. The first-order valence-electron chi connectivity index (χ1n) is 10.9. The minimum absolute atomic E-state index is 0.217. The van der Waals surface area contributed by atoms with Crippen LogP contribution in [-0.4, -0.2) is 35.6 Å². The molecule has 0 radical (unpaired) electrons. The van der Waals surface area contributed by atoms with E-state index in [1.54, 1.807) is 13.0 Å². The van der Waals surface area contributed by atoms with Crippen LogP contribution >= 0.6 is 22.9 Å². The van der Waals surface area contributed by atoms with Crippen LogP contribution in [0.5, 0.6) is 0 Å². The molecule has 2 heterocycles. The zero-order valence-corrected chi connectivity index (χ0v) is 20.3. The van der Waals surface area contributed by atoms with E-state index in [1.165, 1.54) is 17.6 Å². The van der Waals surface area contributed by atoms with Gasteiger partial charge in [0, 0.05) is 15.8 Å². The number of hydrogen-bond donors (Lipinski definition) is 2. The fraction of sp³-hybridized carbons (Fsp3) is 0.292. The summed E-state index contributed by atoms with van der Waals surface area (Å²) in [7, 11) is 0. The van der Waals surface area contributed by atoms with Gasteiger partial charge in [-0.25, -0.2) is 15.2 Å². The number of hydrazone groups is 1. The number of amides is 2. The van der Waals surface area contributed by atoms with Gasteiger partial charge in [-0.3, -0.25) is 9.59 Å². The molecule has 0 spiro atoms. The molecule has 1 aromatic carbocycles. The zero-order chi connectivity index (χ0) is 24.2. The third kappa shape index (κ3) is 5.10. The molecule has 1 aliphatic carbocycles. The molecule has 2 amide bonds. The Balaban J connectivity index is 1.47. The largest absolute Gasteiger partial charge is 0.462 e. The van der Waals surface area contributed by atoms with Crippen molar-refractivity contribution in [2.75, 3.05) is 11.9 Å². The van der Waals surface area contributed by atoms with Gasteiger partial charge in [0.15, 0.2) is 0 Å². The highest BCUT2D eigenvalue weighted by molar-refractivity contribution is 7.17. The van der Waals surface area contributed by atoms with E-state index >= 15 is 0 Å². The third-order valence-corrected chi connectivity index (χ3v) is 6.97. The number of carbonyl (C=O) groups is 3. The van der Waals surface area contributed by atoms with Crippen LogP contribution in [-0.2, 0) is 27.2 Å². The van der Waals surface area contributed by atoms with E-state index in [-0.39, 0.29) is 11.8 Å². The summed E-state index contributed by atoms with van der Waals surface area (Å²) in [5.74, 6) is -1.92. The first kappa shape index (κ1) is 23.8. The monoisotopic (exact) mass is 498 g/mol. The van der Waals surface area contributed by atoms with Crippen molar-refractivity contribution in [2.24, 2.45) is 11.0 Å². The molecule has 0 saturated carbocycles. The lowest BCUT2D eigenvalue weighted by molar-refractivity contribution is -0.136. The molecule has 34 heavy (non-hydrogen) atoms. The first-order chi connectivity index (χ1) is 16.4. The number of pyridine rings is 1. The SMILES string of the molecule is CCOC(=O)c1c(NC(=O)C(=O)N/N=C/c2cc3ccccc3nc2Cl)sc2c1CCC(C)C2. The molecule has 2 aromatic heterocycles. The molecule has 1 aliphatic rings. The molecule has 1 atom stereocenters. The van der Waals surface area contributed by atoms with Crippen LogP contribution in [0.25, 0.3) is 10.9 Å². The van der Waals surface area contributed by atoms with E-state index in [4.69, 9.17) is 16.3 Å². The number of thiophene rings is 1. The summed E-state index contributed by atoms with van der Waals surface area (Å²) in [5, 5.41) is 7.80. The van der Waals surface area contributed by atoms with Crippen molar-refractivity contribution >= 4 is 62.8 Å². The van der Waals surface area contributed by atoms with E-state index < -0.39 is 17.8 Å². The van der Waals surface area contributed by atoms with Crippen LogP contribution in [0.4, 0.5) is 5.00 Å². The van der Waals surface area contributed by atoms with Crippen molar-refractivity contribution < 1.29 is 19.1 Å². The summed E-state index contributed by atoms with van der Waals surface area (Å²) >= 11 is 7.50. The van der Waals surface area contributed by atoms with Gasteiger partial charge in [-0.15, -0.1) is 11.3 Å². The third-order valence-electron chi connectivity index (χ3n) is 5.50. The molecule has 2 N–H and O–H groups in total. The first-order valence-corrected chi connectivity index (χ1v) is 12.1. The maximum absolute atomic E-state index is 12.6. The molecular formula is C24H23ClN4O4S. The fourth-order valence-corrected chi connectivity index (χ4v) is 5.42. The Morgan fingerprint density at radius 3 is 2.88 bits per heavy atom. The highest BCUT2D eigenvalue weighted by Crippen LogP contribution is 2.40. The quantitative estimate of drug-likeness (QED) is 0.179. The lowest BCUT2D eigenvalue weighted by atomic mass is 9.88. The number of halogens is 1. The summed E-state index contributed by atoms with van der Waals surface area (Å²) in [5.41, 5.74) is 4.65. The standard InChI is InChI=1S/C24H23ClN4O4S/c1-3-33-24(32)19-16-9-8-13(2)10-18(16)34-23(19)28-21(30)22(31)29-26-12-15-11-14-6-4-5-7-17(14)27-20(15)25/h4-7,11-13H,3,8-10H2,1-2H3,(H,28,30)(H,29,31)/b26-12+. The van der Waals surface area contributed by atoms with Gasteiger partial charge < -0.3 is 10.1 Å². The van der Waals surface area contributed by atoms with Gasteiger partial charge in [0.2, 0.25) is 0 Å². The molecular weight excluding hydrogens is 476 g/mol. The Hall–Kier alpha value is -3.30. The molecule has 0 bridgehead atoms. The maximum Gasteiger partial charge on any atom is 0.341 e. The molecule has 4 rings (SSSR count). The highest BCUT2D eigenvalue weighted by Gasteiger charge is 2.30. The molecule has 0 fully saturated rings. The molecule has 8 nitrogen and oxygen atoms in total. The molecule has 1 unspecified atom stereocenters. The second kappa shape index (κ2) is 10.3. The van der Waals surface area contributed by atoms with Crippen molar-refractivity contribution in [1.82, 2.24) is 10.4 Å². The molecule has 10 heteroatoms. The number of nitrogens with zero attached hydrogens (tertiary/aromatic N) is 2. The van der Waals surface area contributed by atoms with Crippen molar-refractivity contribution in [1.29, 1.82) is 0 Å². The van der Waals surface area contributed by atoms with Gasteiger partial charge in [-0.2, -0.15) is 5.10 Å². The maximum atomic E-state index is 12.6. The summed E-state index contributed by atoms with van der Waals surface area (Å²) < 4.78 is 5.19. The van der Waals surface area contributed by atoms with E-state index in [2.05, 4.69) is 27.8 Å². The molecule has 0 aliphatic heterocycles. The van der Waals surface area contributed by atoms with E-state index in [9.17, 15) is 14.4 Å². The summed E-state index contributed by atoms with van der Waals surface area (Å²) in [6.45, 7) is 4.09. The normalized spacial score (nSPS) is 15.2. The van der Waals surface area contributed by atoms with Crippen molar-refractivity contribution in [3.05, 3.63) is 57.1 Å². The second-order valence-electron chi connectivity index (χ2n) is 7.99. The number of rotatable bonds is 5. The Labute approximate surface area is 205 Å². The lowest BCUT2D eigenvalue weighted by Crippen LogP contribution is -2.32. The number of fused-ring (bicyclic) bond motifs is 2. The summed E-state index contributed by atoms with van der Waals surface area (Å²) in [6, 6.07) is 9.23. The fourth-order valence-electron chi connectivity index (χ4n) is 3.83. The van der Waals surface area contributed by atoms with Crippen LogP contribution in [0.15, 0.2) is 35.4 Å². The summed E-state index contributed by atoms with van der Waals surface area (Å²) in [4.78, 5) is 42.8. The van der Waals surface area contributed by atoms with Crippen LogP contribution in [0.3, 0.4) is 0 Å². The minimum atomic E-state index is -0.976. The predicted molar refractivity (Wildman–Crippen MR) is 133 cm³/mol. The van der Waals surface area contributed by atoms with Crippen LogP contribution in [0, 0.1) is 5.92 Å². The topological polar surface area (TPSA) is 110 Å². The van der Waals surface area contributed by atoms with Crippen LogP contribution in [0.1, 0.15) is 46.6 Å². The number of carbonyl (C=O) groups excluding carboxylic acids is 3. The van der Waals surface area contributed by atoms with Gasteiger partial charge in [0.1, 0.15) is 10.2 Å². The number of esters is 1. The number of nitrogens with one attached hydrogen (secondary N) is 2. The van der Waals surface area contributed by atoms with Gasteiger partial charge in [0.25, 0.3) is 0 Å². The van der Waals surface area contributed by atoms with E-state index in [0.29, 0.717) is 22.0 Å². The number of ether oxygens (including phenoxy) is 1. The van der Waals surface area contributed by atoms with Crippen LogP contribution < -0.4 is 10.7 Å². The van der Waals surface area contributed by atoms with Gasteiger partial charge in [0.05, 0.1) is 23.9 Å². The van der Waals surface area contributed by atoms with Gasteiger partial charge in [-0.05, 0) is 49.8 Å². The Morgan fingerprint density at radius 2 is 2.09 bits per heavy atom. The average Bonchev–Trinajstić information content (AvgIpc) is 3.16. The Kier molecular flexibility index (Phi) is 7.23. The highest BCUT2D eigenvalue weighted by atomic mass is 35.5. The van der Waals surface area contributed by atoms with Crippen molar-refractivity contribution in [2.45, 2.75) is 33.1 Å². The number of hydrogen-bond acceptors (Lipinski definition) is 7. The smallest absolute Gasteiger partial charge is 0.341 e. The second-order valence-corrected chi connectivity index (χ2v) is 9.45. The van der Waals surface area contributed by atoms with Crippen molar-refractivity contribution in [3.8, 4) is 0 Å². The minimum Gasteiger partial charge on any atom is -0.462 e. The number of anilines is 1. The number of aromatic nitrogens is 1. The van der Waals surface area contributed by atoms with Gasteiger partial charge >= 0.3 is 17.8 Å². The Morgan fingerprint density at radius 1 is 1.29 bits per heavy atom. The molecule has 3 aromatic rings. The molecule has 176 valence electrons.